The summed E-state index contributed by atoms with van der Waals surface area (Å²) in [5, 5.41) is 19.6. The molecule has 4 nitrogen and oxygen atoms in total. The summed E-state index contributed by atoms with van der Waals surface area (Å²) in [7, 11) is 1.39. The lowest BCUT2D eigenvalue weighted by molar-refractivity contribution is 0.0479. The number of benzene rings is 1. The van der Waals surface area contributed by atoms with Gasteiger partial charge >= 0.3 is 6.09 Å². The minimum absolute atomic E-state index is 0.254. The van der Waals surface area contributed by atoms with Crippen molar-refractivity contribution in [3.05, 3.63) is 46.5 Å². The van der Waals surface area contributed by atoms with Gasteiger partial charge in [-0.05, 0) is 24.1 Å². The third kappa shape index (κ3) is 3.03. The Morgan fingerprint density at radius 2 is 2.11 bits per heavy atom. The molecule has 1 unspecified atom stereocenters. The van der Waals surface area contributed by atoms with Gasteiger partial charge in [0.2, 0.25) is 0 Å². The zero-order chi connectivity index (χ0) is 14.6. The number of likely N-dealkylation sites (N-methyl/N-ethyl adjacent to an activating group) is 1. The molecule has 1 aromatic rings. The highest BCUT2D eigenvalue weighted by atomic mass is 35.5. The van der Waals surface area contributed by atoms with Crippen molar-refractivity contribution in [2.24, 2.45) is 0 Å². The number of nitrogens with zero attached hydrogens (tertiary/aromatic N) is 1. The molecule has 0 aliphatic carbocycles. The fraction of sp³-hybridized carbons (Fsp3) is 0.308. The lowest BCUT2D eigenvalue weighted by atomic mass is 9.86. The van der Waals surface area contributed by atoms with Gasteiger partial charge in [0.1, 0.15) is 0 Å². The van der Waals surface area contributed by atoms with Crippen LogP contribution in [0.3, 0.4) is 0 Å². The Bertz CT molecular complexity index is 493. The third-order valence-corrected chi connectivity index (χ3v) is 3.87. The van der Waals surface area contributed by atoms with E-state index < -0.39 is 11.6 Å². The van der Waals surface area contributed by atoms with E-state index in [0.29, 0.717) is 15.6 Å². The van der Waals surface area contributed by atoms with Gasteiger partial charge < -0.3 is 10.2 Å². The molecule has 1 amide bonds. The van der Waals surface area contributed by atoms with Crippen LogP contribution in [-0.4, -0.2) is 34.9 Å². The first-order valence-electron chi connectivity index (χ1n) is 5.53. The second kappa shape index (κ2) is 6.28. The van der Waals surface area contributed by atoms with E-state index in [-0.39, 0.29) is 13.0 Å². The van der Waals surface area contributed by atoms with Crippen molar-refractivity contribution in [1.82, 2.24) is 4.90 Å². The molecule has 1 atom stereocenters. The Hall–Kier alpha value is -1.23. The average molecular weight is 304 g/mol. The lowest BCUT2D eigenvalue weighted by Crippen LogP contribution is -2.49. The van der Waals surface area contributed by atoms with Crippen molar-refractivity contribution in [2.75, 3.05) is 13.7 Å². The van der Waals surface area contributed by atoms with Gasteiger partial charge in [0.05, 0.1) is 22.2 Å². The topological polar surface area (TPSA) is 60.8 Å². The van der Waals surface area contributed by atoms with Crippen LogP contribution in [0.25, 0.3) is 0 Å². The first-order chi connectivity index (χ1) is 8.89. The van der Waals surface area contributed by atoms with Crippen molar-refractivity contribution in [1.29, 1.82) is 0 Å². The molecular formula is C13H15Cl2NO3. The molecule has 0 heterocycles. The number of halogens is 2. The summed E-state index contributed by atoms with van der Waals surface area (Å²) in [4.78, 5) is 12.3. The van der Waals surface area contributed by atoms with Crippen molar-refractivity contribution in [3.8, 4) is 0 Å². The molecule has 6 heteroatoms. The molecule has 0 radical (unpaired) electrons. The first kappa shape index (κ1) is 15.8. The molecule has 0 aromatic heterocycles. The number of aliphatic hydroxyl groups excluding tert-OH is 1. The van der Waals surface area contributed by atoms with E-state index in [1.807, 2.05) is 0 Å². The SMILES string of the molecule is C=CCC(CO)(c1ccc(Cl)c(Cl)c1)N(C)C(=O)O. The number of hydrogen-bond acceptors (Lipinski definition) is 2. The Kier molecular flexibility index (Phi) is 5.23. The molecule has 1 rings (SSSR count). The molecule has 0 saturated carbocycles. The van der Waals surface area contributed by atoms with E-state index in [2.05, 4.69) is 6.58 Å². The number of carbonyl (C=O) groups is 1. The molecule has 104 valence electrons. The third-order valence-electron chi connectivity index (χ3n) is 3.13. The van der Waals surface area contributed by atoms with Gasteiger partial charge in [-0.3, -0.25) is 4.90 Å². The molecule has 0 saturated heterocycles. The molecule has 0 fully saturated rings. The second-order valence-electron chi connectivity index (χ2n) is 4.15. The van der Waals surface area contributed by atoms with Crippen molar-refractivity contribution < 1.29 is 15.0 Å². The Balaban J connectivity index is 3.40. The van der Waals surface area contributed by atoms with Crippen LogP contribution in [0.15, 0.2) is 30.9 Å². The van der Waals surface area contributed by atoms with Gasteiger partial charge in [-0.15, -0.1) is 6.58 Å². The average Bonchev–Trinajstić information content (AvgIpc) is 2.38. The summed E-state index contributed by atoms with van der Waals surface area (Å²) >= 11 is 11.8. The second-order valence-corrected chi connectivity index (χ2v) is 4.97. The van der Waals surface area contributed by atoms with Gasteiger partial charge in [-0.1, -0.05) is 35.3 Å². The monoisotopic (exact) mass is 303 g/mol. The minimum Gasteiger partial charge on any atom is -0.465 e. The maximum atomic E-state index is 11.2. The van der Waals surface area contributed by atoms with E-state index in [1.54, 1.807) is 24.3 Å². The highest BCUT2D eigenvalue weighted by Gasteiger charge is 2.38. The summed E-state index contributed by atoms with van der Waals surface area (Å²) in [6, 6.07) is 4.78. The summed E-state index contributed by atoms with van der Waals surface area (Å²) in [6.45, 7) is 3.22. The number of hydrogen-bond donors (Lipinski definition) is 2. The minimum atomic E-state index is -1.15. The van der Waals surface area contributed by atoms with Crippen molar-refractivity contribution in [3.63, 3.8) is 0 Å². The lowest BCUT2D eigenvalue weighted by Gasteiger charge is -2.39. The van der Waals surface area contributed by atoms with Crippen LogP contribution >= 0.6 is 23.2 Å². The van der Waals surface area contributed by atoms with Crippen LogP contribution in [0, 0.1) is 0 Å². The number of rotatable bonds is 5. The summed E-state index contributed by atoms with van der Waals surface area (Å²) in [5.41, 5.74) is -0.559. The van der Waals surface area contributed by atoms with E-state index in [4.69, 9.17) is 23.2 Å². The Morgan fingerprint density at radius 3 is 2.53 bits per heavy atom. The van der Waals surface area contributed by atoms with Crippen LogP contribution in [0.2, 0.25) is 10.0 Å². The van der Waals surface area contributed by atoms with Gasteiger partial charge in [0, 0.05) is 7.05 Å². The number of amides is 1. The van der Waals surface area contributed by atoms with E-state index in [1.165, 1.54) is 7.05 Å². The molecular weight excluding hydrogens is 289 g/mol. The predicted molar refractivity (Wildman–Crippen MR) is 75.8 cm³/mol. The van der Waals surface area contributed by atoms with Crippen LogP contribution in [-0.2, 0) is 5.54 Å². The largest absolute Gasteiger partial charge is 0.465 e. The van der Waals surface area contributed by atoms with Crippen LogP contribution < -0.4 is 0 Å². The van der Waals surface area contributed by atoms with Gasteiger partial charge in [0.15, 0.2) is 0 Å². The van der Waals surface area contributed by atoms with E-state index in [9.17, 15) is 15.0 Å². The van der Waals surface area contributed by atoms with E-state index >= 15 is 0 Å². The molecule has 2 N–H and O–H groups in total. The maximum absolute atomic E-state index is 11.2. The fourth-order valence-corrected chi connectivity index (χ4v) is 2.22. The van der Waals surface area contributed by atoms with Crippen LogP contribution in [0.1, 0.15) is 12.0 Å². The van der Waals surface area contributed by atoms with E-state index in [0.717, 1.165) is 4.90 Å². The summed E-state index contributed by atoms with van der Waals surface area (Å²) in [5.74, 6) is 0. The van der Waals surface area contributed by atoms with Gasteiger partial charge in [-0.2, -0.15) is 0 Å². The van der Waals surface area contributed by atoms with Gasteiger partial charge in [0.25, 0.3) is 0 Å². The highest BCUT2D eigenvalue weighted by molar-refractivity contribution is 6.42. The fourth-order valence-electron chi connectivity index (χ4n) is 1.92. The normalized spacial score (nSPS) is 13.7. The summed E-state index contributed by atoms with van der Waals surface area (Å²) in [6.07, 6.45) is 0.657. The summed E-state index contributed by atoms with van der Waals surface area (Å²) < 4.78 is 0. The standard InChI is InChI=1S/C13H15Cl2NO3/c1-3-6-13(8-17,16(2)12(18)19)9-4-5-10(14)11(15)7-9/h3-5,7,17H,1,6,8H2,2H3,(H,18,19). The maximum Gasteiger partial charge on any atom is 0.407 e. The molecule has 1 aromatic carbocycles. The zero-order valence-electron chi connectivity index (χ0n) is 10.4. The van der Waals surface area contributed by atoms with Crippen LogP contribution in [0.4, 0.5) is 4.79 Å². The first-order valence-corrected chi connectivity index (χ1v) is 6.28. The zero-order valence-corrected chi connectivity index (χ0v) is 11.9. The molecule has 19 heavy (non-hydrogen) atoms. The number of carboxylic acid groups (broad SMARTS) is 1. The molecule has 0 bridgehead atoms. The van der Waals surface area contributed by atoms with Gasteiger partial charge in [-0.25, -0.2) is 4.79 Å². The number of aliphatic hydroxyl groups is 1. The molecule has 0 spiro atoms. The molecule has 0 aliphatic heterocycles. The quantitative estimate of drug-likeness (QED) is 0.820. The predicted octanol–water partition coefficient (Wildman–Crippen LogP) is 3.37. The van der Waals surface area contributed by atoms with Crippen molar-refractivity contribution in [2.45, 2.75) is 12.0 Å². The highest BCUT2D eigenvalue weighted by Crippen LogP contribution is 2.35. The smallest absolute Gasteiger partial charge is 0.407 e. The Labute approximate surface area is 121 Å². The Morgan fingerprint density at radius 1 is 1.47 bits per heavy atom. The van der Waals surface area contributed by atoms with Crippen LogP contribution in [0.5, 0.6) is 0 Å². The van der Waals surface area contributed by atoms with Crippen molar-refractivity contribution >= 4 is 29.3 Å². The molecule has 0 aliphatic rings.